The molecule has 3 heteroatoms. The highest BCUT2D eigenvalue weighted by Gasteiger charge is 2.18. The molecule has 0 bridgehead atoms. The molecule has 1 rings (SSSR count). The van der Waals surface area contributed by atoms with Crippen molar-refractivity contribution in [1.82, 2.24) is 5.32 Å². The van der Waals surface area contributed by atoms with Gasteiger partial charge in [-0.05, 0) is 25.3 Å². The Bertz CT molecular complexity index is 181. The zero-order chi connectivity index (χ0) is 12.5. The van der Waals surface area contributed by atoms with E-state index in [1.54, 1.807) is 0 Å². The van der Waals surface area contributed by atoms with Gasteiger partial charge in [-0.3, -0.25) is 0 Å². The van der Waals surface area contributed by atoms with Crippen molar-refractivity contribution in [2.45, 2.75) is 46.1 Å². The molecule has 1 heterocycles. The predicted molar refractivity (Wildman–Crippen MR) is 71.3 cm³/mol. The van der Waals surface area contributed by atoms with E-state index >= 15 is 0 Å². The molecule has 1 aliphatic heterocycles. The van der Waals surface area contributed by atoms with Crippen LogP contribution in [0.5, 0.6) is 0 Å². The van der Waals surface area contributed by atoms with Crippen LogP contribution in [-0.2, 0) is 9.47 Å². The monoisotopic (exact) mass is 243 g/mol. The zero-order valence-electron chi connectivity index (χ0n) is 11.7. The van der Waals surface area contributed by atoms with Crippen LogP contribution in [0.3, 0.4) is 0 Å². The third kappa shape index (κ3) is 5.84. The molecule has 0 aliphatic carbocycles. The van der Waals surface area contributed by atoms with E-state index in [1.165, 1.54) is 12.8 Å². The first-order chi connectivity index (χ1) is 8.27. The van der Waals surface area contributed by atoms with Gasteiger partial charge in [-0.25, -0.2) is 0 Å². The summed E-state index contributed by atoms with van der Waals surface area (Å²) in [6.45, 7) is 11.3. The molecule has 0 aromatic heterocycles. The number of ether oxygens (including phenoxy) is 2. The summed E-state index contributed by atoms with van der Waals surface area (Å²) in [6.07, 6.45) is 3.55. The summed E-state index contributed by atoms with van der Waals surface area (Å²) < 4.78 is 11.2. The fraction of sp³-hybridized carbons (Fsp3) is 1.00. The van der Waals surface area contributed by atoms with E-state index in [1.807, 2.05) is 0 Å². The lowest BCUT2D eigenvalue weighted by Gasteiger charge is -2.24. The minimum Gasteiger partial charge on any atom is -0.381 e. The average molecular weight is 243 g/mol. The van der Waals surface area contributed by atoms with Crippen molar-refractivity contribution in [2.24, 2.45) is 11.8 Å². The first-order valence-electron chi connectivity index (χ1n) is 7.16. The van der Waals surface area contributed by atoms with Gasteiger partial charge in [0.2, 0.25) is 0 Å². The molecule has 0 aromatic rings. The molecule has 0 radical (unpaired) electrons. The van der Waals surface area contributed by atoms with E-state index in [2.05, 4.69) is 26.1 Å². The van der Waals surface area contributed by atoms with Crippen LogP contribution in [0.2, 0.25) is 0 Å². The fourth-order valence-corrected chi connectivity index (χ4v) is 2.12. The van der Waals surface area contributed by atoms with Crippen LogP contribution in [0.4, 0.5) is 0 Å². The molecular weight excluding hydrogens is 214 g/mol. The molecule has 0 amide bonds. The highest BCUT2D eigenvalue weighted by atomic mass is 16.5. The van der Waals surface area contributed by atoms with Gasteiger partial charge >= 0.3 is 0 Å². The van der Waals surface area contributed by atoms with Crippen LogP contribution < -0.4 is 5.32 Å². The van der Waals surface area contributed by atoms with E-state index in [4.69, 9.17) is 9.47 Å². The van der Waals surface area contributed by atoms with Gasteiger partial charge in [-0.2, -0.15) is 0 Å². The Kier molecular flexibility index (Phi) is 7.82. The molecule has 1 aliphatic rings. The van der Waals surface area contributed by atoms with E-state index in [-0.39, 0.29) is 0 Å². The van der Waals surface area contributed by atoms with Gasteiger partial charge in [0, 0.05) is 18.6 Å². The van der Waals surface area contributed by atoms with Crippen LogP contribution in [0.15, 0.2) is 0 Å². The summed E-state index contributed by atoms with van der Waals surface area (Å²) in [5, 5.41) is 3.59. The largest absolute Gasteiger partial charge is 0.381 e. The molecule has 0 aromatic carbocycles. The van der Waals surface area contributed by atoms with Gasteiger partial charge in [0.05, 0.1) is 19.8 Å². The molecule has 3 atom stereocenters. The molecule has 17 heavy (non-hydrogen) atoms. The van der Waals surface area contributed by atoms with Crippen molar-refractivity contribution >= 4 is 0 Å². The Hall–Kier alpha value is -0.120. The van der Waals surface area contributed by atoms with Crippen LogP contribution in [-0.4, -0.2) is 39.0 Å². The molecule has 3 unspecified atom stereocenters. The number of hydrogen-bond donors (Lipinski definition) is 1. The van der Waals surface area contributed by atoms with Gasteiger partial charge < -0.3 is 14.8 Å². The Balaban J connectivity index is 2.17. The topological polar surface area (TPSA) is 30.5 Å². The predicted octanol–water partition coefficient (Wildman–Crippen LogP) is 2.45. The second-order valence-corrected chi connectivity index (χ2v) is 5.21. The lowest BCUT2D eigenvalue weighted by molar-refractivity contribution is 0.0634. The fourth-order valence-electron chi connectivity index (χ4n) is 2.12. The quantitative estimate of drug-likeness (QED) is 0.675. The summed E-state index contributed by atoms with van der Waals surface area (Å²) >= 11 is 0. The Morgan fingerprint density at radius 2 is 2.24 bits per heavy atom. The van der Waals surface area contributed by atoms with Crippen molar-refractivity contribution in [3.05, 3.63) is 0 Å². The number of nitrogens with one attached hydrogen (secondary N) is 1. The molecular formula is C14H29NO2. The van der Waals surface area contributed by atoms with Crippen molar-refractivity contribution in [3.63, 3.8) is 0 Å². The first kappa shape index (κ1) is 14.9. The van der Waals surface area contributed by atoms with Crippen molar-refractivity contribution < 1.29 is 9.47 Å². The Morgan fingerprint density at radius 1 is 1.41 bits per heavy atom. The van der Waals surface area contributed by atoms with Crippen molar-refractivity contribution in [3.8, 4) is 0 Å². The Morgan fingerprint density at radius 3 is 2.82 bits per heavy atom. The van der Waals surface area contributed by atoms with Crippen molar-refractivity contribution in [1.29, 1.82) is 0 Å². The molecule has 1 fully saturated rings. The normalized spacial score (nSPS) is 23.8. The standard InChI is InChI=1S/C14H29NO2/c1-4-7-15-14(12(3)5-2)11-17-10-13-6-8-16-9-13/h12-15H,4-11H2,1-3H3. The first-order valence-corrected chi connectivity index (χ1v) is 7.16. The SMILES string of the molecule is CCCNC(COCC1CCOC1)C(C)CC. The number of rotatable bonds is 9. The van der Waals surface area contributed by atoms with E-state index in [0.717, 1.165) is 39.4 Å². The van der Waals surface area contributed by atoms with Crippen LogP contribution in [0.1, 0.15) is 40.0 Å². The smallest absolute Gasteiger partial charge is 0.0622 e. The summed E-state index contributed by atoms with van der Waals surface area (Å²) in [6, 6.07) is 0.502. The summed E-state index contributed by atoms with van der Waals surface area (Å²) in [4.78, 5) is 0. The lowest BCUT2D eigenvalue weighted by atomic mass is 10.00. The summed E-state index contributed by atoms with van der Waals surface area (Å²) in [7, 11) is 0. The Labute approximate surface area is 106 Å². The number of hydrogen-bond acceptors (Lipinski definition) is 3. The third-order valence-electron chi connectivity index (χ3n) is 3.66. The molecule has 3 nitrogen and oxygen atoms in total. The van der Waals surface area contributed by atoms with Gasteiger partial charge in [-0.1, -0.05) is 27.2 Å². The summed E-state index contributed by atoms with van der Waals surface area (Å²) in [5.74, 6) is 1.31. The minimum atomic E-state index is 0.502. The lowest BCUT2D eigenvalue weighted by Crippen LogP contribution is -2.39. The van der Waals surface area contributed by atoms with E-state index in [9.17, 15) is 0 Å². The van der Waals surface area contributed by atoms with Crippen molar-refractivity contribution in [2.75, 3.05) is 33.0 Å². The summed E-state index contributed by atoms with van der Waals surface area (Å²) in [5.41, 5.74) is 0. The second-order valence-electron chi connectivity index (χ2n) is 5.21. The minimum absolute atomic E-state index is 0.502. The highest BCUT2D eigenvalue weighted by Crippen LogP contribution is 2.14. The average Bonchev–Trinajstić information content (AvgIpc) is 2.85. The van der Waals surface area contributed by atoms with Crippen LogP contribution >= 0.6 is 0 Å². The molecule has 0 saturated carbocycles. The molecule has 1 saturated heterocycles. The maximum Gasteiger partial charge on any atom is 0.0622 e. The second kappa shape index (κ2) is 8.90. The zero-order valence-corrected chi connectivity index (χ0v) is 11.7. The van der Waals surface area contributed by atoms with Crippen LogP contribution in [0.25, 0.3) is 0 Å². The van der Waals surface area contributed by atoms with E-state index < -0.39 is 0 Å². The highest BCUT2D eigenvalue weighted by molar-refractivity contribution is 4.72. The van der Waals surface area contributed by atoms with Crippen LogP contribution in [0, 0.1) is 11.8 Å². The molecule has 102 valence electrons. The van der Waals surface area contributed by atoms with Gasteiger partial charge in [0.1, 0.15) is 0 Å². The maximum atomic E-state index is 5.86. The van der Waals surface area contributed by atoms with E-state index in [0.29, 0.717) is 17.9 Å². The molecule has 0 spiro atoms. The third-order valence-corrected chi connectivity index (χ3v) is 3.66. The van der Waals surface area contributed by atoms with Gasteiger partial charge in [0.25, 0.3) is 0 Å². The van der Waals surface area contributed by atoms with Gasteiger partial charge in [0.15, 0.2) is 0 Å². The molecule has 1 N–H and O–H groups in total. The van der Waals surface area contributed by atoms with Gasteiger partial charge in [-0.15, -0.1) is 0 Å². The maximum absolute atomic E-state index is 5.86.